The third kappa shape index (κ3) is 3.48. The lowest BCUT2D eigenvalue weighted by Gasteiger charge is -2.20. The number of benzene rings is 1. The van der Waals surface area contributed by atoms with Crippen LogP contribution in [0.25, 0.3) is 0 Å². The van der Waals surface area contributed by atoms with Gasteiger partial charge in [0.2, 0.25) is 0 Å². The highest BCUT2D eigenvalue weighted by atomic mass is 16.2. The van der Waals surface area contributed by atoms with Crippen LogP contribution >= 0.6 is 0 Å². The fourth-order valence-corrected chi connectivity index (χ4v) is 2.19. The Hall–Kier alpha value is -1.51. The summed E-state index contributed by atoms with van der Waals surface area (Å²) in [5.41, 5.74) is 0.870. The van der Waals surface area contributed by atoms with Crippen LogP contribution in [-0.4, -0.2) is 24.0 Å². The zero-order chi connectivity index (χ0) is 12.1. The second kappa shape index (κ2) is 5.71. The van der Waals surface area contributed by atoms with E-state index >= 15 is 0 Å². The third-order valence-corrected chi connectivity index (χ3v) is 3.33. The van der Waals surface area contributed by atoms with E-state index in [1.165, 1.54) is 6.42 Å². The number of anilines is 1. The second-order valence-electron chi connectivity index (χ2n) is 4.82. The van der Waals surface area contributed by atoms with Gasteiger partial charge in [-0.3, -0.25) is 0 Å². The summed E-state index contributed by atoms with van der Waals surface area (Å²) >= 11 is 0. The largest absolute Gasteiger partial charge is 0.325 e. The number of hydrogen-bond donors (Lipinski definition) is 1. The number of amides is 2. The van der Waals surface area contributed by atoms with Crippen LogP contribution in [0.1, 0.15) is 26.2 Å². The molecular weight excluding hydrogens is 212 g/mol. The van der Waals surface area contributed by atoms with E-state index in [0.29, 0.717) is 0 Å². The average molecular weight is 232 g/mol. The van der Waals surface area contributed by atoms with Gasteiger partial charge in [0, 0.05) is 18.8 Å². The summed E-state index contributed by atoms with van der Waals surface area (Å²) in [6.07, 6.45) is 3.46. The Morgan fingerprint density at radius 3 is 2.76 bits per heavy atom. The van der Waals surface area contributed by atoms with E-state index < -0.39 is 0 Å². The number of urea groups is 1. The highest BCUT2D eigenvalue weighted by molar-refractivity contribution is 5.89. The molecule has 0 saturated carbocycles. The molecule has 1 aromatic rings. The lowest BCUT2D eigenvalue weighted by Crippen LogP contribution is -2.35. The summed E-state index contributed by atoms with van der Waals surface area (Å²) in [7, 11) is 0. The van der Waals surface area contributed by atoms with Gasteiger partial charge in [0.05, 0.1) is 0 Å². The van der Waals surface area contributed by atoms with Gasteiger partial charge in [-0.25, -0.2) is 4.79 Å². The van der Waals surface area contributed by atoms with E-state index in [0.717, 1.165) is 37.5 Å². The first-order chi connectivity index (χ1) is 8.25. The molecule has 1 heterocycles. The molecular formula is C14H20N2O. The van der Waals surface area contributed by atoms with Crippen molar-refractivity contribution in [3.05, 3.63) is 30.3 Å². The molecule has 92 valence electrons. The smallest absolute Gasteiger partial charge is 0.321 e. The van der Waals surface area contributed by atoms with Gasteiger partial charge in [-0.2, -0.15) is 0 Å². The van der Waals surface area contributed by atoms with Gasteiger partial charge < -0.3 is 10.2 Å². The second-order valence-corrected chi connectivity index (χ2v) is 4.82. The summed E-state index contributed by atoms with van der Waals surface area (Å²) in [5.74, 6) is 0.740. The number of rotatable bonds is 1. The van der Waals surface area contributed by atoms with E-state index in [1.807, 2.05) is 35.2 Å². The topological polar surface area (TPSA) is 32.3 Å². The van der Waals surface area contributed by atoms with Crippen molar-refractivity contribution in [3.8, 4) is 0 Å². The van der Waals surface area contributed by atoms with Crippen LogP contribution in [-0.2, 0) is 0 Å². The first-order valence-electron chi connectivity index (χ1n) is 6.36. The molecule has 1 unspecified atom stereocenters. The van der Waals surface area contributed by atoms with Gasteiger partial charge in [0.15, 0.2) is 0 Å². The summed E-state index contributed by atoms with van der Waals surface area (Å²) in [6.45, 7) is 4.02. The molecule has 0 spiro atoms. The maximum absolute atomic E-state index is 12.0. The monoisotopic (exact) mass is 232 g/mol. The molecule has 2 amide bonds. The number of likely N-dealkylation sites (tertiary alicyclic amines) is 1. The quantitative estimate of drug-likeness (QED) is 0.791. The first-order valence-corrected chi connectivity index (χ1v) is 6.36. The molecule has 3 nitrogen and oxygen atoms in total. The lowest BCUT2D eigenvalue weighted by molar-refractivity contribution is 0.213. The first kappa shape index (κ1) is 12.0. The van der Waals surface area contributed by atoms with Gasteiger partial charge in [0.1, 0.15) is 0 Å². The molecule has 1 atom stereocenters. The molecule has 17 heavy (non-hydrogen) atoms. The number of nitrogens with zero attached hydrogens (tertiary/aromatic N) is 1. The van der Waals surface area contributed by atoms with Crippen LogP contribution < -0.4 is 5.32 Å². The molecule has 1 aromatic carbocycles. The van der Waals surface area contributed by atoms with E-state index in [9.17, 15) is 4.79 Å². The van der Waals surface area contributed by atoms with Crippen LogP contribution in [0.2, 0.25) is 0 Å². The number of nitrogens with one attached hydrogen (secondary N) is 1. The lowest BCUT2D eigenvalue weighted by atomic mass is 10.0. The molecule has 1 saturated heterocycles. The zero-order valence-corrected chi connectivity index (χ0v) is 10.4. The predicted octanol–water partition coefficient (Wildman–Crippen LogP) is 3.34. The van der Waals surface area contributed by atoms with Gasteiger partial charge in [0.25, 0.3) is 0 Å². The van der Waals surface area contributed by atoms with Gasteiger partial charge in [-0.1, -0.05) is 25.1 Å². The minimum absolute atomic E-state index is 0.0327. The van der Waals surface area contributed by atoms with Crippen molar-refractivity contribution in [3.63, 3.8) is 0 Å². The average Bonchev–Trinajstić information content (AvgIpc) is 2.55. The highest BCUT2D eigenvalue weighted by Gasteiger charge is 2.18. The molecule has 1 fully saturated rings. The Bertz CT molecular complexity index is 364. The molecule has 1 aliphatic rings. The molecule has 0 aliphatic carbocycles. The minimum Gasteiger partial charge on any atom is -0.325 e. The SMILES string of the molecule is CC1CCCN(C(=O)Nc2ccccc2)CC1. The van der Waals surface area contributed by atoms with Gasteiger partial charge >= 0.3 is 6.03 Å². The van der Waals surface area contributed by atoms with Gasteiger partial charge in [-0.05, 0) is 37.3 Å². The molecule has 1 N–H and O–H groups in total. The van der Waals surface area contributed by atoms with Crippen molar-refractivity contribution < 1.29 is 4.79 Å². The molecule has 1 aliphatic heterocycles. The number of para-hydroxylation sites is 1. The Kier molecular flexibility index (Phi) is 4.02. The van der Waals surface area contributed by atoms with E-state index in [4.69, 9.17) is 0 Å². The van der Waals surface area contributed by atoms with Crippen molar-refractivity contribution in [2.24, 2.45) is 5.92 Å². The van der Waals surface area contributed by atoms with E-state index in [2.05, 4.69) is 12.2 Å². The maximum atomic E-state index is 12.0. The maximum Gasteiger partial charge on any atom is 0.321 e. The Morgan fingerprint density at radius 1 is 1.24 bits per heavy atom. The van der Waals surface area contributed by atoms with E-state index in [-0.39, 0.29) is 6.03 Å². The summed E-state index contributed by atoms with van der Waals surface area (Å²) < 4.78 is 0. The third-order valence-electron chi connectivity index (χ3n) is 3.33. The molecule has 0 aromatic heterocycles. The van der Waals surface area contributed by atoms with Crippen LogP contribution in [0.5, 0.6) is 0 Å². The van der Waals surface area contributed by atoms with Crippen LogP contribution in [0.3, 0.4) is 0 Å². The molecule has 2 rings (SSSR count). The molecule has 0 bridgehead atoms. The minimum atomic E-state index is 0.0327. The van der Waals surface area contributed by atoms with Crippen molar-refractivity contribution in [2.75, 3.05) is 18.4 Å². The predicted molar refractivity (Wildman–Crippen MR) is 70.0 cm³/mol. The fraction of sp³-hybridized carbons (Fsp3) is 0.500. The number of carbonyl (C=O) groups excluding carboxylic acids is 1. The number of hydrogen-bond acceptors (Lipinski definition) is 1. The van der Waals surface area contributed by atoms with E-state index in [1.54, 1.807) is 0 Å². The molecule has 0 radical (unpaired) electrons. The summed E-state index contributed by atoms with van der Waals surface area (Å²) in [4.78, 5) is 14.0. The van der Waals surface area contributed by atoms with Crippen molar-refractivity contribution >= 4 is 11.7 Å². The summed E-state index contributed by atoms with van der Waals surface area (Å²) in [5, 5.41) is 2.94. The van der Waals surface area contributed by atoms with Crippen molar-refractivity contribution in [2.45, 2.75) is 26.2 Å². The van der Waals surface area contributed by atoms with Gasteiger partial charge in [-0.15, -0.1) is 0 Å². The highest BCUT2D eigenvalue weighted by Crippen LogP contribution is 2.17. The zero-order valence-electron chi connectivity index (χ0n) is 10.4. The van der Waals surface area contributed by atoms with Crippen molar-refractivity contribution in [1.29, 1.82) is 0 Å². The van der Waals surface area contributed by atoms with Crippen molar-refractivity contribution in [1.82, 2.24) is 4.90 Å². The van der Waals surface area contributed by atoms with Crippen LogP contribution in [0, 0.1) is 5.92 Å². The Morgan fingerprint density at radius 2 is 2.00 bits per heavy atom. The molecule has 3 heteroatoms. The fourth-order valence-electron chi connectivity index (χ4n) is 2.19. The number of carbonyl (C=O) groups is 1. The van der Waals surface area contributed by atoms with Crippen LogP contribution in [0.4, 0.5) is 10.5 Å². The Labute approximate surface area is 103 Å². The van der Waals surface area contributed by atoms with Crippen LogP contribution in [0.15, 0.2) is 30.3 Å². The normalized spacial score (nSPS) is 20.8. The summed E-state index contributed by atoms with van der Waals surface area (Å²) in [6, 6.07) is 9.67. The standard InChI is InChI=1S/C14H20N2O/c1-12-6-5-10-16(11-9-12)14(17)15-13-7-3-2-4-8-13/h2-4,7-8,12H,5-6,9-11H2,1H3,(H,15,17). The Balaban J connectivity index is 1.91.